The van der Waals surface area contributed by atoms with E-state index in [2.05, 4.69) is 0 Å². The molecule has 6 heteroatoms. The molecular formula is C25H20O6. The van der Waals surface area contributed by atoms with Crippen LogP contribution < -0.4 is 9.47 Å². The Hall–Kier alpha value is -4.06. The number of hydrogen-bond acceptors (Lipinski definition) is 6. The summed E-state index contributed by atoms with van der Waals surface area (Å²) in [4.78, 5) is 24.9. The van der Waals surface area contributed by atoms with Crippen LogP contribution in [-0.2, 0) is 9.53 Å². The van der Waals surface area contributed by atoms with Crippen LogP contribution in [0, 0.1) is 0 Å². The fraction of sp³-hybridized carbons (Fsp3) is 0.120. The fourth-order valence-electron chi connectivity index (χ4n) is 3.16. The molecule has 0 aliphatic carbocycles. The zero-order chi connectivity index (χ0) is 21.6. The van der Waals surface area contributed by atoms with Gasteiger partial charge in [0.1, 0.15) is 28.4 Å². The molecule has 156 valence electrons. The van der Waals surface area contributed by atoms with Gasteiger partial charge in [-0.3, -0.25) is 0 Å². The third-order valence-corrected chi connectivity index (χ3v) is 4.51. The second-order valence-electron chi connectivity index (χ2n) is 6.63. The third-order valence-electron chi connectivity index (χ3n) is 4.51. The van der Waals surface area contributed by atoms with Gasteiger partial charge in [0, 0.05) is 10.9 Å². The summed E-state index contributed by atoms with van der Waals surface area (Å²) in [7, 11) is 0. The van der Waals surface area contributed by atoms with Crippen LogP contribution in [0.15, 0.2) is 83.3 Å². The van der Waals surface area contributed by atoms with Crippen molar-refractivity contribution in [2.45, 2.75) is 6.92 Å². The van der Waals surface area contributed by atoms with Crippen molar-refractivity contribution in [3.8, 4) is 22.8 Å². The van der Waals surface area contributed by atoms with Crippen molar-refractivity contribution in [1.29, 1.82) is 0 Å². The molecule has 6 nitrogen and oxygen atoms in total. The monoisotopic (exact) mass is 416 g/mol. The highest BCUT2D eigenvalue weighted by Crippen LogP contribution is 2.36. The van der Waals surface area contributed by atoms with Gasteiger partial charge >= 0.3 is 11.9 Å². The number of rotatable bonds is 7. The SMILES string of the molecule is CCOC(=O)c1c(-c2ccccc2)oc2ccc(OC(=O)COc3ccccc3)cc12. The molecule has 3 aromatic carbocycles. The summed E-state index contributed by atoms with van der Waals surface area (Å²) >= 11 is 0. The average molecular weight is 416 g/mol. The molecule has 0 amide bonds. The number of ether oxygens (including phenoxy) is 3. The predicted octanol–water partition coefficient (Wildman–Crippen LogP) is 5.26. The lowest BCUT2D eigenvalue weighted by Gasteiger charge is -2.07. The number of para-hydroxylation sites is 1. The van der Waals surface area contributed by atoms with E-state index < -0.39 is 11.9 Å². The Bertz CT molecular complexity index is 1190. The minimum Gasteiger partial charge on any atom is -0.482 e. The zero-order valence-corrected chi connectivity index (χ0v) is 16.9. The Balaban J connectivity index is 1.62. The van der Waals surface area contributed by atoms with Crippen LogP contribution >= 0.6 is 0 Å². The lowest BCUT2D eigenvalue weighted by atomic mass is 10.1. The maximum Gasteiger partial charge on any atom is 0.349 e. The van der Waals surface area contributed by atoms with E-state index in [-0.39, 0.29) is 19.0 Å². The van der Waals surface area contributed by atoms with E-state index in [1.54, 1.807) is 37.3 Å². The van der Waals surface area contributed by atoms with E-state index in [1.165, 1.54) is 0 Å². The van der Waals surface area contributed by atoms with E-state index in [0.29, 0.717) is 28.0 Å². The summed E-state index contributed by atoms with van der Waals surface area (Å²) in [6, 6.07) is 23.1. The first-order chi connectivity index (χ1) is 15.2. The van der Waals surface area contributed by atoms with Crippen LogP contribution in [0.25, 0.3) is 22.3 Å². The zero-order valence-electron chi connectivity index (χ0n) is 16.9. The maximum absolute atomic E-state index is 12.7. The van der Waals surface area contributed by atoms with Gasteiger partial charge in [-0.15, -0.1) is 0 Å². The average Bonchev–Trinajstić information content (AvgIpc) is 3.18. The molecular weight excluding hydrogens is 396 g/mol. The van der Waals surface area contributed by atoms with Crippen molar-refractivity contribution < 1.29 is 28.2 Å². The molecule has 1 aromatic heterocycles. The number of carbonyl (C=O) groups excluding carboxylic acids is 2. The Labute approximate surface area is 179 Å². The first-order valence-corrected chi connectivity index (χ1v) is 9.83. The smallest absolute Gasteiger partial charge is 0.349 e. The molecule has 0 N–H and O–H groups in total. The summed E-state index contributed by atoms with van der Waals surface area (Å²) in [6.45, 7) is 1.72. The molecule has 0 atom stereocenters. The van der Waals surface area contributed by atoms with Gasteiger partial charge in [0.2, 0.25) is 0 Å². The van der Waals surface area contributed by atoms with Crippen molar-refractivity contribution >= 4 is 22.9 Å². The number of furan rings is 1. The van der Waals surface area contributed by atoms with Gasteiger partial charge in [-0.25, -0.2) is 9.59 Å². The van der Waals surface area contributed by atoms with E-state index in [9.17, 15) is 9.59 Å². The summed E-state index contributed by atoms with van der Waals surface area (Å²) in [6.07, 6.45) is 0. The summed E-state index contributed by atoms with van der Waals surface area (Å²) < 4.78 is 22.0. The molecule has 0 aliphatic rings. The third kappa shape index (κ3) is 4.59. The topological polar surface area (TPSA) is 75.0 Å². The van der Waals surface area contributed by atoms with Crippen LogP contribution in [0.2, 0.25) is 0 Å². The molecule has 0 unspecified atom stereocenters. The summed E-state index contributed by atoms with van der Waals surface area (Å²) in [5, 5.41) is 0.506. The molecule has 1 heterocycles. The van der Waals surface area contributed by atoms with Crippen LogP contribution in [0.3, 0.4) is 0 Å². The molecule has 0 fully saturated rings. The Morgan fingerprint density at radius 2 is 1.58 bits per heavy atom. The molecule has 0 saturated carbocycles. The van der Waals surface area contributed by atoms with Crippen molar-refractivity contribution in [2.24, 2.45) is 0 Å². The lowest BCUT2D eigenvalue weighted by Crippen LogP contribution is -2.17. The van der Waals surface area contributed by atoms with Crippen LogP contribution in [-0.4, -0.2) is 25.2 Å². The minimum atomic E-state index is -0.562. The number of hydrogen-bond donors (Lipinski definition) is 0. The van der Waals surface area contributed by atoms with Crippen molar-refractivity contribution in [1.82, 2.24) is 0 Å². The Morgan fingerprint density at radius 1 is 0.871 bits per heavy atom. The van der Waals surface area contributed by atoms with Gasteiger partial charge < -0.3 is 18.6 Å². The van der Waals surface area contributed by atoms with Crippen molar-refractivity contribution in [3.63, 3.8) is 0 Å². The highest BCUT2D eigenvalue weighted by Gasteiger charge is 2.24. The molecule has 4 rings (SSSR count). The van der Waals surface area contributed by atoms with E-state index in [1.807, 2.05) is 48.5 Å². The van der Waals surface area contributed by atoms with Crippen LogP contribution in [0.5, 0.6) is 11.5 Å². The van der Waals surface area contributed by atoms with E-state index >= 15 is 0 Å². The second kappa shape index (κ2) is 9.17. The summed E-state index contributed by atoms with van der Waals surface area (Å²) in [5.74, 6) is 0.190. The minimum absolute atomic E-state index is 0.227. The highest BCUT2D eigenvalue weighted by molar-refractivity contribution is 6.09. The first-order valence-electron chi connectivity index (χ1n) is 9.83. The largest absolute Gasteiger partial charge is 0.482 e. The molecule has 0 aliphatic heterocycles. The number of carbonyl (C=O) groups is 2. The molecule has 0 bridgehead atoms. The van der Waals surface area contributed by atoms with Crippen LogP contribution in [0.1, 0.15) is 17.3 Å². The Kier molecular flexibility index (Phi) is 5.98. The van der Waals surface area contributed by atoms with E-state index in [4.69, 9.17) is 18.6 Å². The number of fused-ring (bicyclic) bond motifs is 1. The van der Waals surface area contributed by atoms with Gasteiger partial charge in [0.05, 0.1) is 6.61 Å². The first kappa shape index (κ1) is 20.2. The van der Waals surface area contributed by atoms with Gasteiger partial charge in [-0.2, -0.15) is 0 Å². The number of benzene rings is 3. The normalized spacial score (nSPS) is 10.6. The quantitative estimate of drug-likeness (QED) is 0.302. The van der Waals surface area contributed by atoms with Crippen LogP contribution in [0.4, 0.5) is 0 Å². The lowest BCUT2D eigenvalue weighted by molar-refractivity contribution is -0.136. The second-order valence-corrected chi connectivity index (χ2v) is 6.63. The molecule has 0 saturated heterocycles. The van der Waals surface area contributed by atoms with Crippen molar-refractivity contribution in [2.75, 3.05) is 13.2 Å². The van der Waals surface area contributed by atoms with Gasteiger partial charge in [0.15, 0.2) is 6.61 Å². The molecule has 0 radical (unpaired) electrons. The molecule has 4 aromatic rings. The van der Waals surface area contributed by atoms with E-state index in [0.717, 1.165) is 5.56 Å². The van der Waals surface area contributed by atoms with Gasteiger partial charge in [-0.1, -0.05) is 48.5 Å². The predicted molar refractivity (Wildman–Crippen MR) is 115 cm³/mol. The van der Waals surface area contributed by atoms with Gasteiger partial charge in [-0.05, 0) is 37.3 Å². The maximum atomic E-state index is 12.7. The standard InChI is InChI=1S/C25H20O6/c1-2-28-25(27)23-20-15-19(30-22(26)16-29-18-11-7-4-8-12-18)13-14-21(20)31-24(23)17-9-5-3-6-10-17/h3-15H,2,16H2,1H3. The van der Waals surface area contributed by atoms with Crippen molar-refractivity contribution in [3.05, 3.63) is 84.4 Å². The fourth-order valence-corrected chi connectivity index (χ4v) is 3.16. The Morgan fingerprint density at radius 3 is 2.29 bits per heavy atom. The van der Waals surface area contributed by atoms with Gasteiger partial charge in [0.25, 0.3) is 0 Å². The molecule has 0 spiro atoms. The summed E-state index contributed by atoms with van der Waals surface area (Å²) in [5.41, 5.74) is 1.53. The highest BCUT2D eigenvalue weighted by atomic mass is 16.6. The molecule has 31 heavy (non-hydrogen) atoms. The number of esters is 2.